The zero-order valence-corrected chi connectivity index (χ0v) is 15.0. The Bertz CT molecular complexity index is 804. The number of amides is 2. The highest BCUT2D eigenvalue weighted by atomic mass is 19.1. The number of para-hydroxylation sites is 1. The molecule has 27 heavy (non-hydrogen) atoms. The number of hydrogen-bond donors (Lipinski definition) is 1. The summed E-state index contributed by atoms with van der Waals surface area (Å²) in [5.41, 5.74) is 0.843. The number of carbonyl (C=O) groups is 2. The van der Waals surface area contributed by atoms with Crippen molar-refractivity contribution in [2.45, 2.75) is 13.0 Å². The zero-order valence-electron chi connectivity index (χ0n) is 15.0. The Labute approximate surface area is 156 Å². The molecule has 1 saturated heterocycles. The molecule has 2 amide bonds. The molecule has 142 valence electrons. The van der Waals surface area contributed by atoms with Crippen LogP contribution in [0.5, 0.6) is 5.75 Å². The van der Waals surface area contributed by atoms with E-state index in [0.29, 0.717) is 43.3 Å². The van der Waals surface area contributed by atoms with E-state index in [1.807, 2.05) is 0 Å². The maximum Gasteiger partial charge on any atom is 0.265 e. The summed E-state index contributed by atoms with van der Waals surface area (Å²) >= 11 is 0. The topological polar surface area (TPSA) is 67.9 Å². The maximum atomic E-state index is 13.0. The van der Waals surface area contributed by atoms with Gasteiger partial charge in [-0.15, -0.1) is 0 Å². The van der Waals surface area contributed by atoms with Crippen molar-refractivity contribution in [3.8, 4) is 5.75 Å². The van der Waals surface area contributed by atoms with Gasteiger partial charge < -0.3 is 19.7 Å². The molecule has 1 fully saturated rings. The third-order valence-corrected chi connectivity index (χ3v) is 4.21. The molecule has 0 spiro atoms. The molecule has 1 aliphatic rings. The average molecular weight is 372 g/mol. The van der Waals surface area contributed by atoms with E-state index in [1.54, 1.807) is 36.1 Å². The SMILES string of the molecule is CC(Oc1ccc(F)cc1)C(=O)Nc1ccccc1C(=O)N1CCOCC1. The third kappa shape index (κ3) is 4.83. The minimum absolute atomic E-state index is 0.152. The first kappa shape index (κ1) is 18.8. The van der Waals surface area contributed by atoms with E-state index in [-0.39, 0.29) is 11.7 Å². The highest BCUT2D eigenvalue weighted by Gasteiger charge is 2.23. The molecule has 1 atom stereocenters. The van der Waals surface area contributed by atoms with Crippen LogP contribution in [0.25, 0.3) is 0 Å². The van der Waals surface area contributed by atoms with E-state index in [4.69, 9.17) is 9.47 Å². The Hall–Kier alpha value is -2.93. The van der Waals surface area contributed by atoms with Crippen molar-refractivity contribution in [2.24, 2.45) is 0 Å². The summed E-state index contributed by atoms with van der Waals surface area (Å²) in [5.74, 6) is -0.547. The van der Waals surface area contributed by atoms with Gasteiger partial charge >= 0.3 is 0 Å². The monoisotopic (exact) mass is 372 g/mol. The van der Waals surface area contributed by atoms with Gasteiger partial charge in [0.05, 0.1) is 24.5 Å². The molecule has 0 aliphatic carbocycles. The fourth-order valence-corrected chi connectivity index (χ4v) is 2.72. The molecule has 1 heterocycles. The molecule has 2 aromatic rings. The third-order valence-electron chi connectivity index (χ3n) is 4.21. The quantitative estimate of drug-likeness (QED) is 0.876. The van der Waals surface area contributed by atoms with Gasteiger partial charge in [0.2, 0.25) is 0 Å². The van der Waals surface area contributed by atoms with Gasteiger partial charge in [0.15, 0.2) is 6.10 Å². The van der Waals surface area contributed by atoms with Crippen molar-refractivity contribution in [1.82, 2.24) is 4.90 Å². The van der Waals surface area contributed by atoms with E-state index in [2.05, 4.69) is 5.32 Å². The van der Waals surface area contributed by atoms with Gasteiger partial charge in [0.25, 0.3) is 11.8 Å². The van der Waals surface area contributed by atoms with Crippen LogP contribution in [-0.2, 0) is 9.53 Å². The van der Waals surface area contributed by atoms with Crippen LogP contribution in [0.1, 0.15) is 17.3 Å². The normalized spacial score (nSPS) is 15.1. The highest BCUT2D eigenvalue weighted by Crippen LogP contribution is 2.19. The second-order valence-electron chi connectivity index (χ2n) is 6.15. The molecule has 0 saturated carbocycles. The smallest absolute Gasteiger partial charge is 0.265 e. The molecular weight excluding hydrogens is 351 g/mol. The van der Waals surface area contributed by atoms with Gasteiger partial charge in [-0.25, -0.2) is 4.39 Å². The van der Waals surface area contributed by atoms with E-state index < -0.39 is 12.0 Å². The highest BCUT2D eigenvalue weighted by molar-refractivity contribution is 6.04. The minimum atomic E-state index is -0.818. The Morgan fingerprint density at radius 2 is 1.78 bits per heavy atom. The molecule has 2 aromatic carbocycles. The zero-order chi connectivity index (χ0) is 19.2. The van der Waals surface area contributed by atoms with Crippen LogP contribution < -0.4 is 10.1 Å². The van der Waals surface area contributed by atoms with Crippen LogP contribution in [0.3, 0.4) is 0 Å². The number of nitrogens with zero attached hydrogens (tertiary/aromatic N) is 1. The summed E-state index contributed by atoms with van der Waals surface area (Å²) in [7, 11) is 0. The van der Waals surface area contributed by atoms with Crippen molar-refractivity contribution in [3.05, 3.63) is 59.9 Å². The number of hydrogen-bond acceptors (Lipinski definition) is 4. The predicted molar refractivity (Wildman–Crippen MR) is 98.3 cm³/mol. The number of anilines is 1. The number of morpholine rings is 1. The van der Waals surface area contributed by atoms with Crippen molar-refractivity contribution >= 4 is 17.5 Å². The number of benzene rings is 2. The van der Waals surface area contributed by atoms with Gasteiger partial charge in [-0.3, -0.25) is 9.59 Å². The lowest BCUT2D eigenvalue weighted by atomic mass is 10.1. The van der Waals surface area contributed by atoms with Crippen LogP contribution in [0.4, 0.5) is 10.1 Å². The average Bonchev–Trinajstić information content (AvgIpc) is 2.70. The van der Waals surface area contributed by atoms with Crippen LogP contribution in [0.2, 0.25) is 0 Å². The van der Waals surface area contributed by atoms with Crippen LogP contribution >= 0.6 is 0 Å². The van der Waals surface area contributed by atoms with Crippen LogP contribution in [0.15, 0.2) is 48.5 Å². The molecule has 6 nitrogen and oxygen atoms in total. The van der Waals surface area contributed by atoms with Gasteiger partial charge in [0, 0.05) is 13.1 Å². The summed E-state index contributed by atoms with van der Waals surface area (Å²) in [6, 6.07) is 12.3. The van der Waals surface area contributed by atoms with Crippen molar-refractivity contribution in [2.75, 3.05) is 31.6 Å². The van der Waals surface area contributed by atoms with Gasteiger partial charge in [-0.05, 0) is 43.3 Å². The standard InChI is InChI=1S/C20H21FN2O4/c1-14(27-16-8-6-15(21)7-9-16)19(24)22-18-5-3-2-4-17(18)20(25)23-10-12-26-13-11-23/h2-9,14H,10-13H2,1H3,(H,22,24). The van der Waals surface area contributed by atoms with Gasteiger partial charge in [-0.2, -0.15) is 0 Å². The number of carbonyl (C=O) groups excluding carboxylic acids is 2. The lowest BCUT2D eigenvalue weighted by molar-refractivity contribution is -0.122. The van der Waals surface area contributed by atoms with Crippen LogP contribution in [-0.4, -0.2) is 49.1 Å². The Morgan fingerprint density at radius 3 is 2.48 bits per heavy atom. The summed E-state index contributed by atoms with van der Waals surface area (Å²) in [6.45, 7) is 3.63. The first-order valence-electron chi connectivity index (χ1n) is 8.74. The second-order valence-corrected chi connectivity index (χ2v) is 6.15. The molecule has 3 rings (SSSR count). The lowest BCUT2D eigenvalue weighted by Gasteiger charge is -2.27. The first-order chi connectivity index (χ1) is 13.0. The summed E-state index contributed by atoms with van der Waals surface area (Å²) in [5, 5.41) is 2.75. The maximum absolute atomic E-state index is 13.0. The molecular formula is C20H21FN2O4. The molecule has 1 aliphatic heterocycles. The number of nitrogens with one attached hydrogen (secondary N) is 1. The van der Waals surface area contributed by atoms with Gasteiger partial charge in [-0.1, -0.05) is 12.1 Å². The van der Waals surface area contributed by atoms with E-state index in [1.165, 1.54) is 24.3 Å². The molecule has 0 bridgehead atoms. The van der Waals surface area contributed by atoms with E-state index in [0.717, 1.165) is 0 Å². The molecule has 7 heteroatoms. The predicted octanol–water partition coefficient (Wildman–Crippen LogP) is 2.70. The summed E-state index contributed by atoms with van der Waals surface area (Å²) < 4.78 is 23.8. The van der Waals surface area contributed by atoms with E-state index in [9.17, 15) is 14.0 Å². The Kier molecular flexibility index (Phi) is 6.03. The lowest BCUT2D eigenvalue weighted by Crippen LogP contribution is -2.41. The molecule has 1 N–H and O–H groups in total. The van der Waals surface area contributed by atoms with Crippen molar-refractivity contribution in [1.29, 1.82) is 0 Å². The fourth-order valence-electron chi connectivity index (χ4n) is 2.72. The number of rotatable bonds is 5. The summed E-state index contributed by atoms with van der Waals surface area (Å²) in [4.78, 5) is 26.9. The molecule has 0 radical (unpaired) electrons. The van der Waals surface area contributed by atoms with E-state index >= 15 is 0 Å². The fraction of sp³-hybridized carbons (Fsp3) is 0.300. The second kappa shape index (κ2) is 8.64. The minimum Gasteiger partial charge on any atom is -0.481 e. The van der Waals surface area contributed by atoms with Crippen LogP contribution in [0, 0.1) is 5.82 Å². The largest absolute Gasteiger partial charge is 0.481 e. The Morgan fingerprint density at radius 1 is 1.11 bits per heavy atom. The number of ether oxygens (including phenoxy) is 2. The first-order valence-corrected chi connectivity index (χ1v) is 8.74. The van der Waals surface area contributed by atoms with Gasteiger partial charge in [0.1, 0.15) is 11.6 Å². The molecule has 1 unspecified atom stereocenters. The number of halogens is 1. The molecule has 0 aromatic heterocycles. The van der Waals surface area contributed by atoms with Crippen molar-refractivity contribution < 1.29 is 23.5 Å². The van der Waals surface area contributed by atoms with Crippen molar-refractivity contribution in [3.63, 3.8) is 0 Å². The Balaban J connectivity index is 1.68. The summed E-state index contributed by atoms with van der Waals surface area (Å²) in [6.07, 6.45) is -0.818.